The summed E-state index contributed by atoms with van der Waals surface area (Å²) < 4.78 is 41.7. The highest BCUT2D eigenvalue weighted by Gasteiger charge is 2.26. The van der Waals surface area contributed by atoms with Crippen LogP contribution < -0.4 is 0 Å². The summed E-state index contributed by atoms with van der Waals surface area (Å²) in [5.74, 6) is 0. The summed E-state index contributed by atoms with van der Waals surface area (Å²) in [4.78, 5) is 0. The van der Waals surface area contributed by atoms with Crippen molar-refractivity contribution in [2.45, 2.75) is 13.0 Å². The lowest BCUT2D eigenvalue weighted by Gasteiger charge is -2.20. The summed E-state index contributed by atoms with van der Waals surface area (Å²) in [5, 5.41) is 0. The summed E-state index contributed by atoms with van der Waals surface area (Å²) in [6.07, 6.45) is -0.365. The quantitative estimate of drug-likeness (QED) is 0.699. The van der Waals surface area contributed by atoms with E-state index in [2.05, 4.69) is 6.58 Å². The first-order valence-electron chi connectivity index (χ1n) is 4.95. The lowest BCUT2D eigenvalue weighted by atomic mass is 9.81. The highest BCUT2D eigenvalue weighted by atomic mass is 19.4. The Balaban J connectivity index is 2.48. The van der Waals surface area contributed by atoms with E-state index in [0.29, 0.717) is 0 Å². The van der Waals surface area contributed by atoms with E-state index in [1.807, 2.05) is 30.3 Å². The van der Waals surface area contributed by atoms with Gasteiger partial charge in [-0.15, -0.1) is 12.1 Å². The molecule has 88 valence electrons. The Morgan fingerprint density at radius 1 is 1.31 bits per heavy atom. The van der Waals surface area contributed by atoms with E-state index >= 15 is 0 Å². The maximum atomic E-state index is 12.2. The van der Waals surface area contributed by atoms with Crippen LogP contribution in [0.4, 0.5) is 12.9 Å². The zero-order chi connectivity index (χ0) is 12.2. The average Bonchev–Trinajstić information content (AvgIpc) is 2.25. The van der Waals surface area contributed by atoms with E-state index < -0.39 is 19.1 Å². The van der Waals surface area contributed by atoms with Gasteiger partial charge < -0.3 is 17.7 Å². The monoisotopic (exact) mass is 229 g/mol. The first kappa shape index (κ1) is 12.8. The maximum absolute atomic E-state index is 12.2. The summed E-state index contributed by atoms with van der Waals surface area (Å²) in [6.45, 7) is -0.784. The fourth-order valence-electron chi connectivity index (χ4n) is 1.15. The zero-order valence-electron chi connectivity index (χ0n) is 9.00. The molecule has 0 aliphatic rings. The minimum Gasteiger partial charge on any atom is -0.445 e. The molecule has 0 bridgehead atoms. The summed E-state index contributed by atoms with van der Waals surface area (Å²) in [5.41, 5.74) is 0.0488. The third-order valence-corrected chi connectivity index (χ3v) is 2.25. The molecular formula is C11H13BF3O-. The zero-order valence-corrected chi connectivity index (χ0v) is 9.00. The van der Waals surface area contributed by atoms with Gasteiger partial charge in [0.2, 0.25) is 0 Å². The lowest BCUT2D eigenvalue weighted by molar-refractivity contribution is 0.0846. The third kappa shape index (κ3) is 3.74. The number of rotatable bonds is 5. The van der Waals surface area contributed by atoms with Crippen molar-refractivity contribution in [3.63, 3.8) is 0 Å². The van der Waals surface area contributed by atoms with Crippen molar-refractivity contribution in [3.05, 3.63) is 47.9 Å². The number of hydrogen-bond acceptors (Lipinski definition) is 1. The van der Waals surface area contributed by atoms with Crippen LogP contribution in [0.25, 0.3) is 0 Å². The molecule has 0 saturated carbocycles. The van der Waals surface area contributed by atoms with E-state index in [4.69, 9.17) is 4.74 Å². The largest absolute Gasteiger partial charge is 0.507 e. The molecule has 0 radical (unpaired) electrons. The Kier molecular flexibility index (Phi) is 4.18. The molecule has 0 aromatic heterocycles. The Labute approximate surface area is 93.0 Å². The van der Waals surface area contributed by atoms with Crippen molar-refractivity contribution < 1.29 is 17.7 Å². The molecule has 5 heteroatoms. The first-order chi connectivity index (χ1) is 7.41. The van der Waals surface area contributed by atoms with E-state index in [1.165, 1.54) is 0 Å². The predicted octanol–water partition coefficient (Wildman–Crippen LogP) is 3.71. The van der Waals surface area contributed by atoms with Crippen LogP contribution in [0.5, 0.6) is 0 Å². The van der Waals surface area contributed by atoms with Crippen molar-refractivity contribution in [3.8, 4) is 0 Å². The predicted molar refractivity (Wildman–Crippen MR) is 59.0 cm³/mol. The minimum absolute atomic E-state index is 0.365. The molecule has 1 unspecified atom stereocenters. The Morgan fingerprint density at radius 2 is 1.88 bits per heavy atom. The van der Waals surface area contributed by atoms with Crippen LogP contribution in [-0.4, -0.2) is 13.6 Å². The molecule has 0 aliphatic carbocycles. The van der Waals surface area contributed by atoms with Gasteiger partial charge in [-0.05, 0) is 12.5 Å². The van der Waals surface area contributed by atoms with Crippen LogP contribution >= 0.6 is 0 Å². The summed E-state index contributed by atoms with van der Waals surface area (Å²) in [6, 6.07) is 9.10. The molecule has 1 aromatic carbocycles. The molecule has 1 atom stereocenters. The van der Waals surface area contributed by atoms with Crippen molar-refractivity contribution in [2.24, 2.45) is 0 Å². The van der Waals surface area contributed by atoms with Crippen LogP contribution in [0, 0.1) is 0 Å². The standard InChI is InChI=1S/C11H13BF3O/c1-9(12(13,14)15)8-16-10(2)11-6-4-3-5-7-11/h3-7,10H,1,8H2,2H3/q-1. The molecule has 0 saturated heterocycles. The lowest BCUT2D eigenvalue weighted by Crippen LogP contribution is -2.22. The van der Waals surface area contributed by atoms with Gasteiger partial charge in [-0.2, -0.15) is 0 Å². The maximum Gasteiger partial charge on any atom is 0.507 e. The van der Waals surface area contributed by atoms with Gasteiger partial charge in [0.1, 0.15) is 0 Å². The highest BCUT2D eigenvalue weighted by Crippen LogP contribution is 2.22. The SMILES string of the molecule is C=C(COC(C)c1ccccc1)[B-](F)(F)F. The smallest absolute Gasteiger partial charge is 0.445 e. The van der Waals surface area contributed by atoms with Gasteiger partial charge in [0.05, 0.1) is 6.10 Å². The van der Waals surface area contributed by atoms with Gasteiger partial charge in [0.25, 0.3) is 0 Å². The van der Waals surface area contributed by atoms with Crippen LogP contribution in [-0.2, 0) is 4.74 Å². The number of halogens is 3. The molecule has 0 N–H and O–H groups in total. The van der Waals surface area contributed by atoms with Gasteiger partial charge in [-0.3, -0.25) is 0 Å². The summed E-state index contributed by atoms with van der Waals surface area (Å²) in [7, 11) is 0. The van der Waals surface area contributed by atoms with Crippen molar-refractivity contribution in [1.29, 1.82) is 0 Å². The molecule has 1 nitrogen and oxygen atoms in total. The van der Waals surface area contributed by atoms with Gasteiger partial charge >= 0.3 is 6.98 Å². The van der Waals surface area contributed by atoms with Crippen molar-refractivity contribution >= 4 is 6.98 Å². The van der Waals surface area contributed by atoms with Crippen LogP contribution in [0.3, 0.4) is 0 Å². The van der Waals surface area contributed by atoms with Crippen molar-refractivity contribution in [2.75, 3.05) is 6.61 Å². The molecule has 0 aliphatic heterocycles. The third-order valence-electron chi connectivity index (χ3n) is 2.25. The summed E-state index contributed by atoms with van der Waals surface area (Å²) >= 11 is 0. The van der Waals surface area contributed by atoms with Gasteiger partial charge in [0, 0.05) is 6.61 Å². The minimum atomic E-state index is -4.99. The van der Waals surface area contributed by atoms with Crippen molar-refractivity contribution in [1.82, 2.24) is 0 Å². The second-order valence-electron chi connectivity index (χ2n) is 3.60. The van der Waals surface area contributed by atoms with Gasteiger partial charge in [0.15, 0.2) is 0 Å². The molecule has 1 aromatic rings. The van der Waals surface area contributed by atoms with Crippen LogP contribution in [0.2, 0.25) is 0 Å². The number of hydrogen-bond donors (Lipinski definition) is 0. The van der Waals surface area contributed by atoms with Crippen LogP contribution in [0.1, 0.15) is 18.6 Å². The average molecular weight is 229 g/mol. The fraction of sp³-hybridized carbons (Fsp3) is 0.273. The fourth-order valence-corrected chi connectivity index (χ4v) is 1.15. The molecule has 0 heterocycles. The molecule has 1 rings (SSSR count). The molecule has 0 amide bonds. The van der Waals surface area contributed by atoms with E-state index in [-0.39, 0.29) is 6.10 Å². The highest BCUT2D eigenvalue weighted by molar-refractivity contribution is 6.66. The van der Waals surface area contributed by atoms with E-state index in [9.17, 15) is 12.9 Å². The number of ether oxygens (including phenoxy) is 1. The second kappa shape index (κ2) is 5.21. The van der Waals surface area contributed by atoms with Gasteiger partial charge in [-0.1, -0.05) is 30.3 Å². The van der Waals surface area contributed by atoms with E-state index in [1.54, 1.807) is 6.92 Å². The second-order valence-corrected chi connectivity index (χ2v) is 3.60. The molecule has 16 heavy (non-hydrogen) atoms. The molecule has 0 spiro atoms. The van der Waals surface area contributed by atoms with Crippen LogP contribution in [0.15, 0.2) is 42.4 Å². The Hall–Kier alpha value is -1.23. The van der Waals surface area contributed by atoms with Gasteiger partial charge in [-0.25, -0.2) is 0 Å². The first-order valence-corrected chi connectivity index (χ1v) is 4.95. The molecule has 0 fully saturated rings. The normalized spacial score (nSPS) is 13.5. The Morgan fingerprint density at radius 3 is 2.38 bits per heavy atom. The topological polar surface area (TPSA) is 9.23 Å². The number of benzene rings is 1. The van der Waals surface area contributed by atoms with E-state index in [0.717, 1.165) is 5.56 Å². The Bertz CT molecular complexity index is 348. The molecular weight excluding hydrogens is 216 g/mol.